The van der Waals surface area contributed by atoms with Crippen LogP contribution in [0.2, 0.25) is 0 Å². The Morgan fingerprint density at radius 2 is 2.29 bits per heavy atom. The van der Waals surface area contributed by atoms with E-state index < -0.39 is 6.10 Å². The van der Waals surface area contributed by atoms with E-state index in [0.29, 0.717) is 17.7 Å². The minimum Gasteiger partial charge on any atom is -0.388 e. The maximum atomic E-state index is 10.0. The Balaban J connectivity index is 2.26. The minimum atomic E-state index is -0.433. The summed E-state index contributed by atoms with van der Waals surface area (Å²) >= 11 is 0. The van der Waals surface area contributed by atoms with E-state index in [-0.39, 0.29) is 0 Å². The molecule has 2 rings (SSSR count). The summed E-state index contributed by atoms with van der Waals surface area (Å²) < 4.78 is 0. The fraction of sp³-hybridized carbons (Fsp3) is 0.545. The first-order chi connectivity index (χ1) is 6.59. The molecule has 3 N–H and O–H groups in total. The Kier molecular flexibility index (Phi) is 2.19. The molecule has 1 aromatic heterocycles. The predicted octanol–water partition coefficient (Wildman–Crippen LogP) is 1.66. The van der Waals surface area contributed by atoms with E-state index in [0.717, 1.165) is 17.5 Å². The largest absolute Gasteiger partial charge is 0.388 e. The molecule has 0 aliphatic heterocycles. The average Bonchev–Trinajstić information content (AvgIpc) is 2.86. The highest BCUT2D eigenvalue weighted by Gasteiger charge is 2.40. The molecule has 14 heavy (non-hydrogen) atoms. The summed E-state index contributed by atoms with van der Waals surface area (Å²) in [7, 11) is 0. The fourth-order valence-electron chi connectivity index (χ4n) is 1.86. The van der Waals surface area contributed by atoms with Gasteiger partial charge < -0.3 is 10.8 Å². The highest BCUT2D eigenvalue weighted by Crippen LogP contribution is 2.47. The van der Waals surface area contributed by atoms with Crippen molar-refractivity contribution in [3.05, 3.63) is 23.4 Å². The van der Waals surface area contributed by atoms with E-state index in [2.05, 4.69) is 11.9 Å². The van der Waals surface area contributed by atoms with Crippen LogP contribution in [0.1, 0.15) is 30.6 Å². The number of nitrogens with zero attached hydrogens (tertiary/aromatic N) is 1. The standard InChI is InChI=1S/C11H16N2O/c1-6-3-9(11(12)13-5-6)10(14)8-4-7(8)2/h3,5,7-8,10,14H,4H2,1-2H3,(H2,12,13). The number of pyridine rings is 1. The lowest BCUT2D eigenvalue weighted by molar-refractivity contribution is 0.148. The number of hydrogen-bond acceptors (Lipinski definition) is 3. The number of aliphatic hydroxyl groups excluding tert-OH is 1. The number of hydrogen-bond donors (Lipinski definition) is 2. The zero-order chi connectivity index (χ0) is 10.3. The van der Waals surface area contributed by atoms with E-state index >= 15 is 0 Å². The molecule has 3 atom stereocenters. The fourth-order valence-corrected chi connectivity index (χ4v) is 1.86. The van der Waals surface area contributed by atoms with E-state index in [1.807, 2.05) is 13.0 Å². The van der Waals surface area contributed by atoms with Gasteiger partial charge in [0.2, 0.25) is 0 Å². The van der Waals surface area contributed by atoms with Crippen molar-refractivity contribution < 1.29 is 5.11 Å². The summed E-state index contributed by atoms with van der Waals surface area (Å²) in [4.78, 5) is 4.05. The number of aryl methyl sites for hydroxylation is 1. The monoisotopic (exact) mass is 192 g/mol. The highest BCUT2D eigenvalue weighted by molar-refractivity contribution is 5.43. The van der Waals surface area contributed by atoms with Gasteiger partial charge in [-0.1, -0.05) is 6.92 Å². The van der Waals surface area contributed by atoms with Crippen LogP contribution >= 0.6 is 0 Å². The van der Waals surface area contributed by atoms with Crippen molar-refractivity contribution in [1.29, 1.82) is 0 Å². The van der Waals surface area contributed by atoms with E-state index in [1.165, 1.54) is 0 Å². The van der Waals surface area contributed by atoms with Gasteiger partial charge in [-0.15, -0.1) is 0 Å². The molecule has 1 aromatic rings. The van der Waals surface area contributed by atoms with Crippen molar-refractivity contribution in [2.75, 3.05) is 5.73 Å². The van der Waals surface area contributed by atoms with Crippen LogP contribution in [0.5, 0.6) is 0 Å². The van der Waals surface area contributed by atoms with Gasteiger partial charge in [-0.05, 0) is 36.8 Å². The lowest BCUT2D eigenvalue weighted by Crippen LogP contribution is -2.07. The number of nitrogen functional groups attached to an aromatic ring is 1. The quantitative estimate of drug-likeness (QED) is 0.749. The van der Waals surface area contributed by atoms with Crippen LogP contribution < -0.4 is 5.73 Å². The topological polar surface area (TPSA) is 59.1 Å². The van der Waals surface area contributed by atoms with Gasteiger partial charge >= 0.3 is 0 Å². The maximum Gasteiger partial charge on any atom is 0.129 e. The van der Waals surface area contributed by atoms with Gasteiger partial charge in [0.05, 0.1) is 6.10 Å². The highest BCUT2D eigenvalue weighted by atomic mass is 16.3. The summed E-state index contributed by atoms with van der Waals surface area (Å²) in [6, 6.07) is 1.93. The number of aliphatic hydroxyl groups is 1. The Morgan fingerprint density at radius 3 is 2.86 bits per heavy atom. The van der Waals surface area contributed by atoms with Gasteiger partial charge in [0.15, 0.2) is 0 Å². The molecule has 3 heteroatoms. The van der Waals surface area contributed by atoms with Crippen molar-refractivity contribution >= 4 is 5.82 Å². The predicted molar refractivity (Wildman–Crippen MR) is 55.6 cm³/mol. The zero-order valence-corrected chi connectivity index (χ0v) is 8.57. The van der Waals surface area contributed by atoms with E-state index in [9.17, 15) is 5.11 Å². The van der Waals surface area contributed by atoms with Crippen LogP contribution in [-0.2, 0) is 0 Å². The third-order valence-corrected chi connectivity index (χ3v) is 2.98. The molecule has 76 valence electrons. The molecule has 0 radical (unpaired) electrons. The summed E-state index contributed by atoms with van der Waals surface area (Å²) in [5.74, 6) is 1.45. The van der Waals surface area contributed by atoms with Crippen LogP contribution in [0.25, 0.3) is 0 Å². The molecule has 0 spiro atoms. The van der Waals surface area contributed by atoms with Crippen LogP contribution in [0.3, 0.4) is 0 Å². The first kappa shape index (κ1) is 9.46. The van der Waals surface area contributed by atoms with Crippen molar-refractivity contribution in [1.82, 2.24) is 4.98 Å². The SMILES string of the molecule is Cc1cnc(N)c(C(O)C2CC2C)c1. The second-order valence-electron chi connectivity index (χ2n) is 4.31. The lowest BCUT2D eigenvalue weighted by Gasteiger charge is -2.12. The first-order valence-electron chi connectivity index (χ1n) is 4.99. The Morgan fingerprint density at radius 1 is 1.64 bits per heavy atom. The summed E-state index contributed by atoms with van der Waals surface area (Å²) in [6.07, 6.45) is 2.38. The third kappa shape index (κ3) is 1.60. The molecule has 1 aliphatic rings. The van der Waals surface area contributed by atoms with Crippen LogP contribution in [0, 0.1) is 18.8 Å². The van der Waals surface area contributed by atoms with Gasteiger partial charge in [-0.3, -0.25) is 0 Å². The molecule has 1 saturated carbocycles. The van der Waals surface area contributed by atoms with Crippen LogP contribution in [-0.4, -0.2) is 10.1 Å². The number of anilines is 1. The molecule has 0 saturated heterocycles. The Bertz CT molecular complexity index is 351. The summed E-state index contributed by atoms with van der Waals surface area (Å²) in [6.45, 7) is 4.10. The molecule has 0 aromatic carbocycles. The zero-order valence-electron chi connectivity index (χ0n) is 8.57. The average molecular weight is 192 g/mol. The van der Waals surface area contributed by atoms with E-state index in [1.54, 1.807) is 6.20 Å². The second-order valence-corrected chi connectivity index (χ2v) is 4.31. The van der Waals surface area contributed by atoms with Crippen molar-refractivity contribution in [3.8, 4) is 0 Å². The molecule has 0 amide bonds. The Labute approximate surface area is 84.0 Å². The molecular formula is C11H16N2O. The molecule has 1 heterocycles. The number of rotatable bonds is 2. The lowest BCUT2D eigenvalue weighted by atomic mass is 10.0. The third-order valence-electron chi connectivity index (χ3n) is 2.98. The summed E-state index contributed by atoms with van der Waals surface area (Å²) in [5.41, 5.74) is 7.56. The van der Waals surface area contributed by atoms with Gasteiger partial charge in [0, 0.05) is 11.8 Å². The smallest absolute Gasteiger partial charge is 0.129 e. The second kappa shape index (κ2) is 3.24. The number of nitrogens with two attached hydrogens (primary N) is 1. The van der Waals surface area contributed by atoms with Crippen molar-refractivity contribution in [2.45, 2.75) is 26.4 Å². The van der Waals surface area contributed by atoms with Gasteiger partial charge in [0.25, 0.3) is 0 Å². The Hall–Kier alpha value is -1.09. The normalized spacial score (nSPS) is 27.4. The molecule has 1 fully saturated rings. The summed E-state index contributed by atoms with van der Waals surface area (Å²) in [5, 5.41) is 10.0. The van der Waals surface area contributed by atoms with Gasteiger partial charge in [0.1, 0.15) is 5.82 Å². The van der Waals surface area contributed by atoms with Crippen LogP contribution in [0.15, 0.2) is 12.3 Å². The maximum absolute atomic E-state index is 10.0. The molecular weight excluding hydrogens is 176 g/mol. The van der Waals surface area contributed by atoms with Gasteiger partial charge in [-0.25, -0.2) is 4.98 Å². The molecule has 3 nitrogen and oxygen atoms in total. The molecule has 3 unspecified atom stereocenters. The van der Waals surface area contributed by atoms with Gasteiger partial charge in [-0.2, -0.15) is 0 Å². The van der Waals surface area contributed by atoms with E-state index in [4.69, 9.17) is 5.73 Å². The molecule has 1 aliphatic carbocycles. The van der Waals surface area contributed by atoms with Crippen molar-refractivity contribution in [3.63, 3.8) is 0 Å². The van der Waals surface area contributed by atoms with Crippen LogP contribution in [0.4, 0.5) is 5.82 Å². The number of aromatic nitrogens is 1. The van der Waals surface area contributed by atoms with Crippen molar-refractivity contribution in [2.24, 2.45) is 11.8 Å². The first-order valence-corrected chi connectivity index (χ1v) is 4.99. The molecule has 0 bridgehead atoms. The minimum absolute atomic E-state index is 0.376.